The van der Waals surface area contributed by atoms with E-state index in [0.29, 0.717) is 24.4 Å². The number of ether oxygens (including phenoxy) is 1. The number of hydrogen-bond donors (Lipinski definition) is 0. The SMILES string of the molecule is [C-]#[N+]c1ccc(N2C(=O)[C@@H]3[C@H](C2=O)C2(C)CCC3(CCO[Si](C)(C)C(C)(C)C)O2)c2ccccc12. The number of hydrogen-bond acceptors (Lipinski definition) is 4. The molecule has 5 rings (SSSR count). The van der Waals surface area contributed by atoms with Gasteiger partial charge in [0.05, 0.1) is 35.3 Å². The zero-order valence-corrected chi connectivity index (χ0v) is 22.5. The Balaban J connectivity index is 1.49. The average Bonchev–Trinajstić information content (AvgIpc) is 3.37. The summed E-state index contributed by atoms with van der Waals surface area (Å²) in [5.74, 6) is -1.36. The van der Waals surface area contributed by atoms with Crippen molar-refractivity contribution in [2.45, 2.75) is 76.3 Å². The Hall–Kier alpha value is -2.53. The van der Waals surface area contributed by atoms with E-state index in [4.69, 9.17) is 15.7 Å². The van der Waals surface area contributed by atoms with Gasteiger partial charge in [-0.25, -0.2) is 9.74 Å². The molecule has 3 aliphatic rings. The maximum Gasteiger partial charge on any atom is 0.240 e. The van der Waals surface area contributed by atoms with E-state index < -0.39 is 31.4 Å². The van der Waals surface area contributed by atoms with E-state index >= 15 is 0 Å². The van der Waals surface area contributed by atoms with Gasteiger partial charge in [-0.1, -0.05) is 51.1 Å². The molecule has 2 amide bonds. The smallest absolute Gasteiger partial charge is 0.240 e. The summed E-state index contributed by atoms with van der Waals surface area (Å²) in [6.45, 7) is 21.1. The number of imide groups is 1. The third-order valence-electron chi connectivity index (χ3n) is 9.05. The number of anilines is 1. The van der Waals surface area contributed by atoms with Crippen molar-refractivity contribution in [3.8, 4) is 0 Å². The van der Waals surface area contributed by atoms with Gasteiger partial charge in [-0.2, -0.15) is 0 Å². The number of benzene rings is 2. The molecular formula is C28H34N2O4Si. The van der Waals surface area contributed by atoms with Gasteiger partial charge in [0.15, 0.2) is 14.0 Å². The van der Waals surface area contributed by atoms with Crippen LogP contribution in [0, 0.1) is 18.4 Å². The van der Waals surface area contributed by atoms with E-state index in [1.807, 2.05) is 31.2 Å². The van der Waals surface area contributed by atoms with Crippen molar-refractivity contribution >= 4 is 42.3 Å². The summed E-state index contributed by atoms with van der Waals surface area (Å²) < 4.78 is 13.1. The molecule has 3 saturated heterocycles. The Kier molecular flexibility index (Phi) is 5.34. The van der Waals surface area contributed by atoms with Crippen LogP contribution in [0.15, 0.2) is 36.4 Å². The van der Waals surface area contributed by atoms with Crippen LogP contribution in [-0.4, -0.2) is 37.9 Å². The molecule has 0 aliphatic carbocycles. The van der Waals surface area contributed by atoms with Crippen molar-refractivity contribution in [1.82, 2.24) is 0 Å². The number of fused-ring (bicyclic) bond motifs is 6. The molecule has 35 heavy (non-hydrogen) atoms. The summed E-state index contributed by atoms with van der Waals surface area (Å²) in [5.41, 5.74) is -0.239. The molecule has 3 fully saturated rings. The number of nitrogens with zero attached hydrogens (tertiary/aromatic N) is 2. The maximum atomic E-state index is 14.0. The fraction of sp³-hybridized carbons (Fsp3) is 0.536. The normalized spacial score (nSPS) is 30.3. The molecule has 2 aromatic carbocycles. The van der Waals surface area contributed by atoms with Crippen LogP contribution in [0.4, 0.5) is 11.4 Å². The van der Waals surface area contributed by atoms with E-state index in [-0.39, 0.29) is 16.9 Å². The Morgan fingerprint density at radius 1 is 1.09 bits per heavy atom. The second kappa shape index (κ2) is 7.73. The molecule has 0 N–H and O–H groups in total. The first kappa shape index (κ1) is 24.2. The van der Waals surface area contributed by atoms with E-state index in [1.165, 1.54) is 4.90 Å². The number of carbonyl (C=O) groups excluding carboxylic acids is 2. The van der Waals surface area contributed by atoms with E-state index in [1.54, 1.807) is 12.1 Å². The fourth-order valence-corrected chi connectivity index (χ4v) is 7.15. The van der Waals surface area contributed by atoms with Gasteiger partial charge in [0.2, 0.25) is 11.8 Å². The van der Waals surface area contributed by atoms with E-state index in [9.17, 15) is 9.59 Å². The highest BCUT2D eigenvalue weighted by molar-refractivity contribution is 6.74. The molecule has 0 saturated carbocycles. The lowest BCUT2D eigenvalue weighted by atomic mass is 9.67. The zero-order valence-electron chi connectivity index (χ0n) is 21.5. The largest absolute Gasteiger partial charge is 0.417 e. The van der Waals surface area contributed by atoms with Gasteiger partial charge in [0, 0.05) is 6.61 Å². The van der Waals surface area contributed by atoms with Gasteiger partial charge in [0.25, 0.3) is 0 Å². The van der Waals surface area contributed by atoms with Crippen LogP contribution in [0.2, 0.25) is 18.1 Å². The predicted octanol–water partition coefficient (Wildman–Crippen LogP) is 6.23. The summed E-state index contributed by atoms with van der Waals surface area (Å²) in [7, 11) is -1.94. The third-order valence-corrected chi connectivity index (χ3v) is 13.6. The van der Waals surface area contributed by atoms with Gasteiger partial charge in [-0.05, 0) is 61.2 Å². The van der Waals surface area contributed by atoms with Crippen LogP contribution in [0.25, 0.3) is 15.6 Å². The van der Waals surface area contributed by atoms with E-state index in [0.717, 1.165) is 23.6 Å². The number of rotatable bonds is 5. The zero-order chi connectivity index (χ0) is 25.4. The minimum Gasteiger partial charge on any atom is -0.417 e. The fourth-order valence-electron chi connectivity index (χ4n) is 6.10. The average molecular weight is 491 g/mol. The molecule has 3 aliphatic heterocycles. The van der Waals surface area contributed by atoms with Crippen LogP contribution in [-0.2, 0) is 18.8 Å². The van der Waals surface area contributed by atoms with Crippen LogP contribution in [0.3, 0.4) is 0 Å². The standard InChI is InChI=1S/C28H34N2O4Si/c1-26(2,3)35(6,7)33-17-16-28-15-14-27(4,34-28)22-23(28)25(32)30(24(22)31)21-13-12-20(29-5)18-10-8-9-11-19(18)21/h8-13,22-23H,14-17H2,1-4,6-7H3/t22-,23+,27?,28?/m1/s1. The number of carbonyl (C=O) groups is 2. The molecular weight excluding hydrogens is 456 g/mol. The Labute approximate surface area is 208 Å². The molecule has 3 heterocycles. The quantitative estimate of drug-likeness (QED) is 0.283. The minimum absolute atomic E-state index is 0.0996. The first-order valence-corrected chi connectivity index (χ1v) is 15.4. The Morgan fingerprint density at radius 2 is 1.74 bits per heavy atom. The van der Waals surface area contributed by atoms with Gasteiger partial charge >= 0.3 is 0 Å². The second-order valence-electron chi connectivity index (χ2n) is 12.1. The van der Waals surface area contributed by atoms with Gasteiger partial charge < -0.3 is 9.16 Å². The maximum absolute atomic E-state index is 14.0. The second-order valence-corrected chi connectivity index (χ2v) is 16.9. The topological polar surface area (TPSA) is 60.2 Å². The highest BCUT2D eigenvalue weighted by atomic mass is 28.4. The number of amides is 2. The van der Waals surface area contributed by atoms with E-state index in [2.05, 4.69) is 38.7 Å². The van der Waals surface area contributed by atoms with Crippen molar-refractivity contribution < 1.29 is 18.8 Å². The lowest BCUT2D eigenvalue weighted by molar-refractivity contribution is -0.131. The molecule has 0 radical (unpaired) electrons. The first-order chi connectivity index (χ1) is 16.4. The molecule has 2 unspecified atom stereocenters. The molecule has 2 bridgehead atoms. The molecule has 4 atom stereocenters. The van der Waals surface area contributed by atoms with Crippen molar-refractivity contribution in [1.29, 1.82) is 0 Å². The van der Waals surface area contributed by atoms with Crippen LogP contribution in [0.5, 0.6) is 0 Å². The molecule has 184 valence electrons. The van der Waals surface area contributed by atoms with Gasteiger partial charge in [-0.15, -0.1) is 0 Å². The predicted molar refractivity (Wildman–Crippen MR) is 139 cm³/mol. The Bertz CT molecular complexity index is 1280. The first-order valence-electron chi connectivity index (χ1n) is 12.5. The summed E-state index contributed by atoms with van der Waals surface area (Å²) >= 11 is 0. The third kappa shape index (κ3) is 3.41. The van der Waals surface area contributed by atoms with Crippen LogP contribution in [0.1, 0.15) is 47.0 Å². The summed E-state index contributed by atoms with van der Waals surface area (Å²) in [5, 5.41) is 1.60. The molecule has 0 aromatic heterocycles. The molecule has 7 heteroatoms. The lowest BCUT2D eigenvalue weighted by Crippen LogP contribution is -2.45. The van der Waals surface area contributed by atoms with Crippen molar-refractivity contribution in [3.05, 3.63) is 47.8 Å². The minimum atomic E-state index is -1.94. The van der Waals surface area contributed by atoms with Crippen LogP contribution >= 0.6 is 0 Å². The Morgan fingerprint density at radius 3 is 2.40 bits per heavy atom. The van der Waals surface area contributed by atoms with Crippen LogP contribution < -0.4 is 4.90 Å². The highest BCUT2D eigenvalue weighted by Crippen LogP contribution is 2.62. The van der Waals surface area contributed by atoms with Crippen molar-refractivity contribution in [2.75, 3.05) is 11.5 Å². The van der Waals surface area contributed by atoms with Gasteiger partial charge in [0.1, 0.15) is 0 Å². The van der Waals surface area contributed by atoms with Crippen molar-refractivity contribution in [2.24, 2.45) is 11.8 Å². The molecule has 6 nitrogen and oxygen atoms in total. The summed E-state index contributed by atoms with van der Waals surface area (Å²) in [6, 6.07) is 10.9. The molecule has 0 spiro atoms. The lowest BCUT2D eigenvalue weighted by Gasteiger charge is -2.38. The highest BCUT2D eigenvalue weighted by Gasteiger charge is 2.73. The van der Waals surface area contributed by atoms with Gasteiger partial charge in [-0.3, -0.25) is 9.59 Å². The molecule has 2 aromatic rings. The monoisotopic (exact) mass is 490 g/mol. The summed E-state index contributed by atoms with van der Waals surface area (Å²) in [4.78, 5) is 32.8. The van der Waals surface area contributed by atoms with Crippen molar-refractivity contribution in [3.63, 3.8) is 0 Å². The summed E-state index contributed by atoms with van der Waals surface area (Å²) in [6.07, 6.45) is 2.13.